The zero-order valence-electron chi connectivity index (χ0n) is 9.64. The van der Waals surface area contributed by atoms with Crippen molar-refractivity contribution < 1.29 is 19.0 Å². The second-order valence-electron chi connectivity index (χ2n) is 3.70. The number of halogens is 2. The first-order valence-electron chi connectivity index (χ1n) is 5.33. The first-order valence-corrected chi connectivity index (χ1v) is 5.71. The van der Waals surface area contributed by atoms with Crippen LogP contribution in [0.25, 0.3) is 0 Å². The number of benzene rings is 1. The van der Waals surface area contributed by atoms with Crippen LogP contribution >= 0.6 is 11.6 Å². The summed E-state index contributed by atoms with van der Waals surface area (Å²) in [6.07, 6.45) is 1.36. The minimum Gasteiger partial charge on any atom is -0.486 e. The molecule has 1 heterocycles. The standard InChI is InChI=1S/C13H9ClFNO3/c14-9-2-1-3-11(12(9)15)19-7-8-4-5-16-10(6-8)13(17)18/h1-6H,7H2,(H,17,18). The van der Waals surface area contributed by atoms with Gasteiger partial charge in [0, 0.05) is 6.20 Å². The lowest BCUT2D eigenvalue weighted by atomic mass is 10.2. The lowest BCUT2D eigenvalue weighted by Crippen LogP contribution is -2.03. The lowest BCUT2D eigenvalue weighted by Gasteiger charge is -2.08. The Labute approximate surface area is 113 Å². The lowest BCUT2D eigenvalue weighted by molar-refractivity contribution is 0.0690. The molecule has 6 heteroatoms. The number of hydrogen-bond acceptors (Lipinski definition) is 3. The molecule has 0 amide bonds. The molecule has 0 bridgehead atoms. The summed E-state index contributed by atoms with van der Waals surface area (Å²) in [6.45, 7) is 0.0278. The predicted octanol–water partition coefficient (Wildman–Crippen LogP) is 3.15. The van der Waals surface area contributed by atoms with Crippen molar-refractivity contribution in [2.24, 2.45) is 0 Å². The van der Waals surface area contributed by atoms with Crippen LogP contribution in [0.1, 0.15) is 16.1 Å². The Morgan fingerprint density at radius 3 is 2.95 bits per heavy atom. The van der Waals surface area contributed by atoms with E-state index in [9.17, 15) is 9.18 Å². The Bertz CT molecular complexity index is 619. The zero-order chi connectivity index (χ0) is 13.8. The van der Waals surface area contributed by atoms with E-state index in [0.29, 0.717) is 5.56 Å². The highest BCUT2D eigenvalue weighted by atomic mass is 35.5. The molecular formula is C13H9ClFNO3. The molecule has 0 radical (unpaired) electrons. The van der Waals surface area contributed by atoms with Gasteiger partial charge in [-0.2, -0.15) is 0 Å². The van der Waals surface area contributed by atoms with Gasteiger partial charge in [0.15, 0.2) is 11.6 Å². The van der Waals surface area contributed by atoms with Gasteiger partial charge in [0.25, 0.3) is 0 Å². The van der Waals surface area contributed by atoms with Crippen LogP contribution in [0, 0.1) is 5.82 Å². The van der Waals surface area contributed by atoms with Gasteiger partial charge in [0.2, 0.25) is 0 Å². The fourth-order valence-electron chi connectivity index (χ4n) is 1.44. The second kappa shape index (κ2) is 5.67. The molecule has 19 heavy (non-hydrogen) atoms. The van der Waals surface area contributed by atoms with Crippen molar-refractivity contribution in [3.63, 3.8) is 0 Å². The molecule has 0 fully saturated rings. The summed E-state index contributed by atoms with van der Waals surface area (Å²) in [5.74, 6) is -1.76. The molecule has 0 aliphatic carbocycles. The highest BCUT2D eigenvalue weighted by Gasteiger charge is 2.09. The number of pyridine rings is 1. The van der Waals surface area contributed by atoms with Crippen LogP contribution in [-0.2, 0) is 6.61 Å². The van der Waals surface area contributed by atoms with Gasteiger partial charge in [0.05, 0.1) is 5.02 Å². The van der Waals surface area contributed by atoms with Gasteiger partial charge in [-0.1, -0.05) is 17.7 Å². The van der Waals surface area contributed by atoms with Crippen LogP contribution in [0.5, 0.6) is 5.75 Å². The monoisotopic (exact) mass is 281 g/mol. The number of hydrogen-bond donors (Lipinski definition) is 1. The maximum absolute atomic E-state index is 13.5. The molecule has 0 aliphatic rings. The van der Waals surface area contributed by atoms with Gasteiger partial charge in [-0.05, 0) is 29.8 Å². The highest BCUT2D eigenvalue weighted by molar-refractivity contribution is 6.30. The fraction of sp³-hybridized carbons (Fsp3) is 0.0769. The Balaban J connectivity index is 2.12. The smallest absolute Gasteiger partial charge is 0.354 e. The van der Waals surface area contributed by atoms with Crippen LogP contribution < -0.4 is 4.74 Å². The van der Waals surface area contributed by atoms with Crippen LogP contribution in [0.3, 0.4) is 0 Å². The van der Waals surface area contributed by atoms with Crippen LogP contribution in [0.2, 0.25) is 5.02 Å². The Kier molecular flexibility index (Phi) is 3.97. The molecule has 1 N–H and O–H groups in total. The fourth-order valence-corrected chi connectivity index (χ4v) is 1.60. The SMILES string of the molecule is O=C(O)c1cc(COc2cccc(Cl)c2F)ccn1. The molecule has 1 aromatic heterocycles. The van der Waals surface area contributed by atoms with Crippen LogP contribution in [0.4, 0.5) is 4.39 Å². The first-order chi connectivity index (χ1) is 9.08. The molecule has 2 aromatic rings. The number of nitrogens with zero attached hydrogens (tertiary/aromatic N) is 1. The minimum absolute atomic E-state index is 0.0150. The molecular weight excluding hydrogens is 273 g/mol. The maximum atomic E-state index is 13.5. The van der Waals surface area contributed by atoms with Gasteiger partial charge in [-0.3, -0.25) is 0 Å². The van der Waals surface area contributed by atoms with Crippen LogP contribution in [-0.4, -0.2) is 16.1 Å². The quantitative estimate of drug-likeness (QED) is 0.935. The van der Waals surface area contributed by atoms with Crippen LogP contribution in [0.15, 0.2) is 36.5 Å². The number of rotatable bonds is 4. The van der Waals surface area contributed by atoms with E-state index in [1.807, 2.05) is 0 Å². The number of carboxylic acid groups (broad SMARTS) is 1. The molecule has 0 saturated carbocycles. The van der Waals surface area contributed by atoms with E-state index >= 15 is 0 Å². The van der Waals surface area contributed by atoms with Crippen molar-refractivity contribution in [3.8, 4) is 5.75 Å². The van der Waals surface area contributed by atoms with Gasteiger partial charge in [-0.15, -0.1) is 0 Å². The number of carbonyl (C=O) groups is 1. The van der Waals surface area contributed by atoms with E-state index in [1.54, 1.807) is 12.1 Å². The molecule has 4 nitrogen and oxygen atoms in total. The Hall–Kier alpha value is -2.14. The van der Waals surface area contributed by atoms with Gasteiger partial charge >= 0.3 is 5.97 Å². The summed E-state index contributed by atoms with van der Waals surface area (Å²) in [6, 6.07) is 7.38. The van der Waals surface area contributed by atoms with Crippen molar-refractivity contribution in [3.05, 3.63) is 58.6 Å². The van der Waals surface area contributed by atoms with Crippen molar-refractivity contribution >= 4 is 17.6 Å². The van der Waals surface area contributed by atoms with Gasteiger partial charge in [-0.25, -0.2) is 14.2 Å². The van der Waals surface area contributed by atoms with E-state index in [0.717, 1.165) is 0 Å². The topological polar surface area (TPSA) is 59.4 Å². The molecule has 2 rings (SSSR count). The third kappa shape index (κ3) is 3.20. The van der Waals surface area contributed by atoms with Crippen molar-refractivity contribution in [2.75, 3.05) is 0 Å². The van der Waals surface area contributed by atoms with Crippen molar-refractivity contribution in [2.45, 2.75) is 6.61 Å². The minimum atomic E-state index is -1.13. The molecule has 0 aliphatic heterocycles. The molecule has 0 unspecified atom stereocenters. The van der Waals surface area contributed by atoms with E-state index in [1.165, 1.54) is 24.4 Å². The Morgan fingerprint density at radius 1 is 1.42 bits per heavy atom. The van der Waals surface area contributed by atoms with E-state index in [4.69, 9.17) is 21.4 Å². The van der Waals surface area contributed by atoms with E-state index in [-0.39, 0.29) is 23.1 Å². The van der Waals surface area contributed by atoms with E-state index < -0.39 is 11.8 Å². The van der Waals surface area contributed by atoms with Gasteiger partial charge in [0.1, 0.15) is 12.3 Å². The highest BCUT2D eigenvalue weighted by Crippen LogP contribution is 2.24. The molecule has 0 spiro atoms. The summed E-state index contributed by atoms with van der Waals surface area (Å²) in [4.78, 5) is 14.4. The number of carboxylic acids is 1. The van der Waals surface area contributed by atoms with E-state index in [2.05, 4.69) is 4.98 Å². The molecule has 0 saturated heterocycles. The molecule has 0 atom stereocenters. The summed E-state index contributed by atoms with van der Waals surface area (Å²) in [5.41, 5.74) is 0.486. The first kappa shape index (κ1) is 13.3. The zero-order valence-corrected chi connectivity index (χ0v) is 10.4. The van der Waals surface area contributed by atoms with Crippen molar-refractivity contribution in [1.82, 2.24) is 4.98 Å². The summed E-state index contributed by atoms with van der Waals surface area (Å²) < 4.78 is 18.8. The summed E-state index contributed by atoms with van der Waals surface area (Å²) in [7, 11) is 0. The number of ether oxygens (including phenoxy) is 1. The largest absolute Gasteiger partial charge is 0.486 e. The van der Waals surface area contributed by atoms with Crippen molar-refractivity contribution in [1.29, 1.82) is 0 Å². The number of aromatic nitrogens is 1. The maximum Gasteiger partial charge on any atom is 0.354 e. The second-order valence-corrected chi connectivity index (χ2v) is 4.10. The van der Waals surface area contributed by atoms with Gasteiger partial charge < -0.3 is 9.84 Å². The summed E-state index contributed by atoms with van der Waals surface area (Å²) in [5, 5.41) is 8.77. The Morgan fingerprint density at radius 2 is 2.21 bits per heavy atom. The number of aromatic carboxylic acids is 1. The average Bonchev–Trinajstić information content (AvgIpc) is 2.41. The summed E-state index contributed by atoms with van der Waals surface area (Å²) >= 11 is 5.62. The third-order valence-corrected chi connectivity index (χ3v) is 2.65. The average molecular weight is 282 g/mol. The predicted molar refractivity (Wildman–Crippen MR) is 66.9 cm³/mol. The molecule has 1 aromatic carbocycles. The molecule has 98 valence electrons. The third-order valence-electron chi connectivity index (χ3n) is 2.35. The normalized spacial score (nSPS) is 10.2.